The fourth-order valence-corrected chi connectivity index (χ4v) is 1.67. The first-order valence-corrected chi connectivity index (χ1v) is 6.44. The van der Waals surface area contributed by atoms with Gasteiger partial charge < -0.3 is 4.42 Å². The Bertz CT molecular complexity index is 584. The van der Waals surface area contributed by atoms with E-state index in [0.29, 0.717) is 17.2 Å². The average Bonchev–Trinajstić information content (AvgIpc) is 2.88. The molecule has 4 heteroatoms. The summed E-state index contributed by atoms with van der Waals surface area (Å²) in [5.74, 6) is 1.49. The molecular formula is C15H14ClNO2. The summed E-state index contributed by atoms with van der Waals surface area (Å²) in [5.41, 5.74) is 0.952. The van der Waals surface area contributed by atoms with E-state index in [-0.39, 0.29) is 12.3 Å². The van der Waals surface area contributed by atoms with Gasteiger partial charge in [0, 0.05) is 17.0 Å². The highest BCUT2D eigenvalue weighted by Crippen LogP contribution is 2.23. The van der Waals surface area contributed by atoms with E-state index in [1.54, 1.807) is 6.21 Å². The Morgan fingerprint density at radius 1 is 1.26 bits per heavy atom. The van der Waals surface area contributed by atoms with E-state index >= 15 is 0 Å². The molecule has 0 bridgehead atoms. The van der Waals surface area contributed by atoms with E-state index in [4.69, 9.17) is 16.0 Å². The van der Waals surface area contributed by atoms with Crippen LogP contribution in [0.3, 0.4) is 0 Å². The second kappa shape index (κ2) is 6.34. The van der Waals surface area contributed by atoms with Crippen LogP contribution in [-0.2, 0) is 4.79 Å². The van der Waals surface area contributed by atoms with Gasteiger partial charge in [-0.15, -0.1) is 0 Å². The maximum atomic E-state index is 11.1. The number of halogens is 1. The van der Waals surface area contributed by atoms with E-state index in [1.807, 2.05) is 43.3 Å². The van der Waals surface area contributed by atoms with Crippen LogP contribution in [0.4, 0.5) is 0 Å². The van der Waals surface area contributed by atoms with Crippen molar-refractivity contribution in [2.45, 2.75) is 13.3 Å². The molecule has 0 fully saturated rings. The maximum absolute atomic E-state index is 11.1. The Labute approximate surface area is 116 Å². The maximum Gasteiger partial charge on any atom is 0.153 e. The molecule has 3 nitrogen and oxygen atoms in total. The standard InChI is InChI=1S/C15H14ClNO2/c1-2-13(18)9-17-10-14-7-8-15(19-14)11-3-5-12(16)6-4-11/h3-8,10H,2,9H2,1H3. The molecule has 0 amide bonds. The first kappa shape index (κ1) is 13.6. The minimum Gasteiger partial charge on any atom is -0.455 e. The largest absolute Gasteiger partial charge is 0.455 e. The number of carbonyl (C=O) groups is 1. The van der Waals surface area contributed by atoms with Crippen molar-refractivity contribution >= 4 is 23.6 Å². The van der Waals surface area contributed by atoms with Crippen molar-refractivity contribution in [3.63, 3.8) is 0 Å². The highest BCUT2D eigenvalue weighted by Gasteiger charge is 2.03. The number of ketones is 1. The van der Waals surface area contributed by atoms with Gasteiger partial charge in [0.05, 0.1) is 12.8 Å². The average molecular weight is 276 g/mol. The summed E-state index contributed by atoms with van der Waals surface area (Å²) in [4.78, 5) is 15.1. The molecular weight excluding hydrogens is 262 g/mol. The first-order valence-electron chi connectivity index (χ1n) is 6.06. The monoisotopic (exact) mass is 275 g/mol. The molecule has 0 saturated carbocycles. The summed E-state index contributed by atoms with van der Waals surface area (Å²) in [6.45, 7) is 2.02. The Morgan fingerprint density at radius 3 is 2.68 bits per heavy atom. The number of carbonyl (C=O) groups excluding carboxylic acids is 1. The summed E-state index contributed by atoms with van der Waals surface area (Å²) in [6.07, 6.45) is 2.08. The zero-order chi connectivity index (χ0) is 13.7. The molecule has 0 unspecified atom stereocenters. The van der Waals surface area contributed by atoms with Gasteiger partial charge in [0.2, 0.25) is 0 Å². The number of Topliss-reactive ketones (excluding diaryl/α,β-unsaturated/α-hetero) is 1. The van der Waals surface area contributed by atoms with Crippen LogP contribution in [-0.4, -0.2) is 18.5 Å². The van der Waals surface area contributed by atoms with Crippen LogP contribution < -0.4 is 0 Å². The number of hydrogen-bond donors (Lipinski definition) is 0. The molecule has 1 heterocycles. The van der Waals surface area contributed by atoms with Crippen LogP contribution in [0, 0.1) is 0 Å². The predicted octanol–water partition coefficient (Wildman–Crippen LogP) is 4.00. The number of hydrogen-bond acceptors (Lipinski definition) is 3. The summed E-state index contributed by atoms with van der Waals surface area (Å²) < 4.78 is 5.62. The van der Waals surface area contributed by atoms with Gasteiger partial charge >= 0.3 is 0 Å². The van der Waals surface area contributed by atoms with Gasteiger partial charge in [-0.25, -0.2) is 0 Å². The normalized spacial score (nSPS) is 11.1. The van der Waals surface area contributed by atoms with Gasteiger partial charge in [0.25, 0.3) is 0 Å². The Morgan fingerprint density at radius 2 is 2.00 bits per heavy atom. The SMILES string of the molecule is CCC(=O)CN=Cc1ccc(-c2ccc(Cl)cc2)o1. The summed E-state index contributed by atoms with van der Waals surface area (Å²) in [6, 6.07) is 11.1. The van der Waals surface area contributed by atoms with Crippen molar-refractivity contribution in [3.05, 3.63) is 47.2 Å². The van der Waals surface area contributed by atoms with Crippen molar-refractivity contribution in [1.29, 1.82) is 0 Å². The van der Waals surface area contributed by atoms with Gasteiger partial charge in [-0.3, -0.25) is 9.79 Å². The molecule has 0 spiro atoms. The molecule has 1 aromatic heterocycles. The third-order valence-corrected chi connectivity index (χ3v) is 2.89. The van der Waals surface area contributed by atoms with Crippen molar-refractivity contribution in [3.8, 4) is 11.3 Å². The van der Waals surface area contributed by atoms with E-state index in [1.165, 1.54) is 0 Å². The molecule has 2 rings (SSSR count). The Hall–Kier alpha value is -1.87. The smallest absolute Gasteiger partial charge is 0.153 e. The Kier molecular flexibility index (Phi) is 4.53. The molecule has 1 aromatic carbocycles. The second-order valence-electron chi connectivity index (χ2n) is 4.07. The van der Waals surface area contributed by atoms with E-state index in [9.17, 15) is 4.79 Å². The first-order chi connectivity index (χ1) is 9.19. The van der Waals surface area contributed by atoms with Crippen molar-refractivity contribution in [1.82, 2.24) is 0 Å². The fraction of sp³-hybridized carbons (Fsp3) is 0.200. The fourth-order valence-electron chi connectivity index (χ4n) is 1.54. The van der Waals surface area contributed by atoms with E-state index < -0.39 is 0 Å². The lowest BCUT2D eigenvalue weighted by Crippen LogP contribution is -1.99. The van der Waals surface area contributed by atoms with Crippen LogP contribution in [0.25, 0.3) is 11.3 Å². The van der Waals surface area contributed by atoms with E-state index in [0.717, 1.165) is 11.3 Å². The van der Waals surface area contributed by atoms with Gasteiger partial charge in [-0.1, -0.05) is 18.5 Å². The van der Waals surface area contributed by atoms with Gasteiger partial charge in [0.15, 0.2) is 5.78 Å². The second-order valence-corrected chi connectivity index (χ2v) is 4.51. The number of furan rings is 1. The summed E-state index contributed by atoms with van der Waals surface area (Å²) in [7, 11) is 0. The molecule has 0 N–H and O–H groups in total. The zero-order valence-electron chi connectivity index (χ0n) is 10.6. The lowest BCUT2D eigenvalue weighted by molar-refractivity contribution is -0.117. The number of benzene rings is 1. The highest BCUT2D eigenvalue weighted by atomic mass is 35.5. The van der Waals surface area contributed by atoms with Crippen molar-refractivity contribution < 1.29 is 9.21 Å². The third-order valence-electron chi connectivity index (χ3n) is 2.64. The molecule has 2 aromatic rings. The lowest BCUT2D eigenvalue weighted by atomic mass is 10.2. The highest BCUT2D eigenvalue weighted by molar-refractivity contribution is 6.30. The minimum atomic E-state index is 0.112. The summed E-state index contributed by atoms with van der Waals surface area (Å²) >= 11 is 5.83. The summed E-state index contributed by atoms with van der Waals surface area (Å²) in [5, 5.41) is 0.690. The van der Waals surface area contributed by atoms with Gasteiger partial charge in [0.1, 0.15) is 11.5 Å². The third kappa shape index (κ3) is 3.80. The number of rotatable bonds is 5. The number of aliphatic imine (C=N–C) groups is 1. The minimum absolute atomic E-state index is 0.112. The predicted molar refractivity (Wildman–Crippen MR) is 76.9 cm³/mol. The van der Waals surface area contributed by atoms with Crippen LogP contribution in [0.2, 0.25) is 5.02 Å². The van der Waals surface area contributed by atoms with Crippen LogP contribution in [0.1, 0.15) is 19.1 Å². The quantitative estimate of drug-likeness (QED) is 0.774. The van der Waals surface area contributed by atoms with Crippen LogP contribution in [0.5, 0.6) is 0 Å². The molecule has 0 aliphatic heterocycles. The molecule has 98 valence electrons. The number of nitrogens with zero attached hydrogens (tertiary/aromatic N) is 1. The van der Waals surface area contributed by atoms with Gasteiger partial charge in [-0.05, 0) is 36.4 Å². The topological polar surface area (TPSA) is 42.6 Å². The molecule has 0 atom stereocenters. The van der Waals surface area contributed by atoms with Crippen LogP contribution in [0.15, 0.2) is 45.8 Å². The lowest BCUT2D eigenvalue weighted by Gasteiger charge is -1.96. The zero-order valence-corrected chi connectivity index (χ0v) is 11.4. The van der Waals surface area contributed by atoms with Crippen LogP contribution >= 0.6 is 11.6 Å². The molecule has 0 aliphatic rings. The molecule has 0 aliphatic carbocycles. The Balaban J connectivity index is 2.06. The van der Waals surface area contributed by atoms with E-state index in [2.05, 4.69) is 4.99 Å². The molecule has 0 radical (unpaired) electrons. The van der Waals surface area contributed by atoms with Gasteiger partial charge in [-0.2, -0.15) is 0 Å². The molecule has 19 heavy (non-hydrogen) atoms. The van der Waals surface area contributed by atoms with Crippen molar-refractivity contribution in [2.75, 3.05) is 6.54 Å². The molecule has 0 saturated heterocycles. The van der Waals surface area contributed by atoms with Crippen molar-refractivity contribution in [2.24, 2.45) is 4.99 Å².